The lowest BCUT2D eigenvalue weighted by atomic mass is 9.64. The predicted molar refractivity (Wildman–Crippen MR) is 106 cm³/mol. The Morgan fingerprint density at radius 2 is 1.93 bits per heavy atom. The topological polar surface area (TPSA) is 66.9 Å². The van der Waals surface area contributed by atoms with Crippen LogP contribution in [-0.2, 0) is 14.3 Å². The summed E-state index contributed by atoms with van der Waals surface area (Å²) < 4.78 is 5.64. The zero-order valence-electron chi connectivity index (χ0n) is 17.9. The highest BCUT2D eigenvalue weighted by Crippen LogP contribution is 2.51. The summed E-state index contributed by atoms with van der Waals surface area (Å²) in [6, 6.07) is 0.125. The summed E-state index contributed by atoms with van der Waals surface area (Å²) in [5.41, 5.74) is -0.0541. The third-order valence-corrected chi connectivity index (χ3v) is 5.93. The highest BCUT2D eigenvalue weighted by Gasteiger charge is 2.61. The van der Waals surface area contributed by atoms with Crippen LogP contribution in [0.3, 0.4) is 0 Å². The first-order valence-electron chi connectivity index (χ1n) is 10.3. The molecule has 28 heavy (non-hydrogen) atoms. The van der Waals surface area contributed by atoms with Crippen LogP contribution in [0.25, 0.3) is 0 Å². The smallest absolute Gasteiger partial charge is 0.411 e. The maximum Gasteiger partial charge on any atom is 0.411 e. The van der Waals surface area contributed by atoms with E-state index in [0.29, 0.717) is 23.5 Å². The van der Waals surface area contributed by atoms with Crippen molar-refractivity contribution in [1.82, 2.24) is 9.80 Å². The van der Waals surface area contributed by atoms with Crippen molar-refractivity contribution < 1.29 is 19.1 Å². The van der Waals surface area contributed by atoms with Gasteiger partial charge in [-0.25, -0.2) is 4.79 Å². The molecule has 0 spiro atoms. The monoisotopic (exact) mass is 388 g/mol. The van der Waals surface area contributed by atoms with E-state index in [9.17, 15) is 14.4 Å². The molecule has 1 saturated carbocycles. The van der Waals surface area contributed by atoms with Crippen LogP contribution in [0, 0.1) is 5.92 Å². The van der Waals surface area contributed by atoms with Gasteiger partial charge in [0.2, 0.25) is 0 Å². The van der Waals surface area contributed by atoms with E-state index < -0.39 is 11.1 Å². The van der Waals surface area contributed by atoms with E-state index in [0.717, 1.165) is 19.3 Å². The number of piperidine rings is 1. The van der Waals surface area contributed by atoms with E-state index in [1.807, 2.05) is 34.6 Å². The fourth-order valence-electron chi connectivity index (χ4n) is 5.09. The average Bonchev–Trinajstić information content (AvgIpc) is 2.76. The molecule has 3 unspecified atom stereocenters. The standard InChI is InChI=1S/C22H32N2O4/c1-7-9-17-16(8-2)18(25)23(19(17)26)13-22-11-14(3)10-15(12-22)24(22)20(27)28-21(4,5)6/h7,9,14-15H,8,10-13H2,1-6H3/b9-7-. The SMILES string of the molecule is C/C=C\C1=C(CC)C(=O)N(CC23CC(C)CC(C2)N3C(=O)OC(C)(C)C)C1=O. The lowest BCUT2D eigenvalue weighted by Gasteiger charge is -2.63. The molecule has 0 aromatic rings. The summed E-state index contributed by atoms with van der Waals surface area (Å²) in [5, 5.41) is 0. The molecule has 0 aromatic heterocycles. The van der Waals surface area contributed by atoms with E-state index in [4.69, 9.17) is 4.74 Å². The van der Waals surface area contributed by atoms with Crippen LogP contribution in [0.4, 0.5) is 4.79 Å². The number of fused-ring (bicyclic) bond motifs is 2. The van der Waals surface area contributed by atoms with Gasteiger partial charge in [-0.15, -0.1) is 0 Å². The molecule has 3 amide bonds. The second-order valence-corrected chi connectivity index (χ2v) is 9.42. The maximum absolute atomic E-state index is 13.0. The minimum Gasteiger partial charge on any atom is -0.444 e. The number of carbonyl (C=O) groups excluding carboxylic acids is 3. The number of amides is 3. The molecule has 2 saturated heterocycles. The van der Waals surface area contributed by atoms with Crippen molar-refractivity contribution in [1.29, 1.82) is 0 Å². The molecule has 6 heteroatoms. The van der Waals surface area contributed by atoms with Gasteiger partial charge in [0, 0.05) is 17.2 Å². The third-order valence-electron chi connectivity index (χ3n) is 5.93. The van der Waals surface area contributed by atoms with Crippen molar-refractivity contribution in [3.05, 3.63) is 23.3 Å². The van der Waals surface area contributed by atoms with E-state index in [1.165, 1.54) is 4.90 Å². The quantitative estimate of drug-likeness (QED) is 0.687. The van der Waals surface area contributed by atoms with E-state index in [-0.39, 0.29) is 30.5 Å². The second kappa shape index (κ2) is 7.05. The molecular weight excluding hydrogens is 356 g/mol. The Labute approximate surface area is 167 Å². The predicted octanol–water partition coefficient (Wildman–Crippen LogP) is 3.82. The second-order valence-electron chi connectivity index (χ2n) is 9.42. The van der Waals surface area contributed by atoms with Crippen LogP contribution in [0.2, 0.25) is 0 Å². The number of hydrogen-bond acceptors (Lipinski definition) is 4. The summed E-state index contributed by atoms with van der Waals surface area (Å²) in [6.45, 7) is 11.7. The lowest BCUT2D eigenvalue weighted by Crippen LogP contribution is -2.75. The molecule has 3 heterocycles. The molecule has 2 bridgehead atoms. The van der Waals surface area contributed by atoms with E-state index in [1.54, 1.807) is 17.1 Å². The molecule has 6 nitrogen and oxygen atoms in total. The van der Waals surface area contributed by atoms with Crippen LogP contribution >= 0.6 is 0 Å². The van der Waals surface area contributed by atoms with Crippen molar-refractivity contribution >= 4 is 17.9 Å². The largest absolute Gasteiger partial charge is 0.444 e. The number of ether oxygens (including phenoxy) is 1. The molecule has 3 atom stereocenters. The Balaban J connectivity index is 1.86. The van der Waals surface area contributed by atoms with Gasteiger partial charge in [0.15, 0.2) is 0 Å². The van der Waals surface area contributed by atoms with Gasteiger partial charge >= 0.3 is 6.09 Å². The number of allylic oxidation sites excluding steroid dienone is 1. The Hall–Kier alpha value is -2.11. The fraction of sp³-hybridized carbons (Fsp3) is 0.682. The molecule has 0 radical (unpaired) electrons. The Kier molecular flexibility index (Phi) is 5.19. The number of hydrogen-bond donors (Lipinski definition) is 0. The van der Waals surface area contributed by atoms with Crippen molar-refractivity contribution in [3.8, 4) is 0 Å². The van der Waals surface area contributed by atoms with Gasteiger partial charge in [0.05, 0.1) is 12.1 Å². The first kappa shape index (κ1) is 20.6. The molecular formula is C22H32N2O4. The van der Waals surface area contributed by atoms with Crippen LogP contribution in [0.5, 0.6) is 0 Å². The van der Waals surface area contributed by atoms with Gasteiger partial charge < -0.3 is 4.74 Å². The molecule has 3 fully saturated rings. The van der Waals surface area contributed by atoms with Crippen molar-refractivity contribution in [2.45, 2.75) is 84.4 Å². The number of rotatable bonds is 4. The van der Waals surface area contributed by atoms with Crippen molar-refractivity contribution in [3.63, 3.8) is 0 Å². The molecule has 154 valence electrons. The van der Waals surface area contributed by atoms with Gasteiger partial charge in [-0.1, -0.05) is 26.0 Å². The summed E-state index contributed by atoms with van der Waals surface area (Å²) >= 11 is 0. The van der Waals surface area contributed by atoms with Gasteiger partial charge in [-0.2, -0.15) is 0 Å². The van der Waals surface area contributed by atoms with Crippen molar-refractivity contribution in [2.24, 2.45) is 5.92 Å². The fourth-order valence-corrected chi connectivity index (χ4v) is 5.09. The zero-order chi connectivity index (χ0) is 20.9. The first-order chi connectivity index (χ1) is 13.0. The average molecular weight is 389 g/mol. The Morgan fingerprint density at radius 1 is 1.25 bits per heavy atom. The van der Waals surface area contributed by atoms with Crippen LogP contribution in [0.15, 0.2) is 23.3 Å². The van der Waals surface area contributed by atoms with Crippen LogP contribution in [0.1, 0.15) is 67.2 Å². The molecule has 0 aromatic carbocycles. The number of nitrogens with zero attached hydrogens (tertiary/aromatic N) is 2. The minimum atomic E-state index is -0.580. The number of carbonyl (C=O) groups is 3. The lowest BCUT2D eigenvalue weighted by molar-refractivity contribution is -0.155. The maximum atomic E-state index is 13.0. The minimum absolute atomic E-state index is 0.125. The van der Waals surface area contributed by atoms with Crippen LogP contribution in [-0.4, -0.2) is 51.4 Å². The molecule has 3 aliphatic heterocycles. The summed E-state index contributed by atoms with van der Waals surface area (Å²) in [7, 11) is 0. The van der Waals surface area contributed by atoms with Crippen molar-refractivity contribution in [2.75, 3.05) is 6.54 Å². The van der Waals surface area contributed by atoms with Crippen LogP contribution < -0.4 is 0 Å². The third kappa shape index (κ3) is 3.38. The van der Waals surface area contributed by atoms with Gasteiger partial charge in [-0.3, -0.25) is 19.4 Å². The first-order valence-corrected chi connectivity index (χ1v) is 10.3. The zero-order valence-corrected chi connectivity index (χ0v) is 17.9. The Morgan fingerprint density at radius 3 is 2.50 bits per heavy atom. The van der Waals surface area contributed by atoms with Gasteiger partial charge in [-0.05, 0) is 59.3 Å². The Bertz CT molecular complexity index is 761. The molecule has 0 N–H and O–H groups in total. The summed E-state index contributed by atoms with van der Waals surface area (Å²) in [6.07, 6.45) is 6.21. The number of imide groups is 1. The highest BCUT2D eigenvalue weighted by molar-refractivity contribution is 6.20. The van der Waals surface area contributed by atoms with E-state index >= 15 is 0 Å². The van der Waals surface area contributed by atoms with Gasteiger partial charge in [0.1, 0.15) is 5.60 Å². The summed E-state index contributed by atoms with van der Waals surface area (Å²) in [5.74, 6) is -0.0280. The van der Waals surface area contributed by atoms with Gasteiger partial charge in [0.25, 0.3) is 11.8 Å². The molecule has 4 rings (SSSR count). The van der Waals surface area contributed by atoms with E-state index in [2.05, 4.69) is 6.92 Å². The molecule has 4 aliphatic rings. The highest BCUT2D eigenvalue weighted by atomic mass is 16.6. The molecule has 1 aliphatic carbocycles. The summed E-state index contributed by atoms with van der Waals surface area (Å²) in [4.78, 5) is 41.9. The normalized spacial score (nSPS) is 30.4.